The topological polar surface area (TPSA) is 96.2 Å². The molecule has 0 saturated carbocycles. The van der Waals surface area contributed by atoms with Crippen molar-refractivity contribution in [3.63, 3.8) is 0 Å². The van der Waals surface area contributed by atoms with Crippen LogP contribution in [0.2, 0.25) is 0 Å². The number of hydrogen-bond acceptors (Lipinski definition) is 8. The van der Waals surface area contributed by atoms with Crippen molar-refractivity contribution in [3.8, 4) is 29.1 Å². The number of benzene rings is 2. The second-order valence-electron chi connectivity index (χ2n) is 7.12. The molecular formula is C26H29NO7. The lowest BCUT2D eigenvalue weighted by atomic mass is 10.0. The maximum atomic E-state index is 11.5. The average molecular weight is 468 g/mol. The first-order valence-electron chi connectivity index (χ1n) is 10.5. The van der Waals surface area contributed by atoms with Crippen LogP contribution in [0.5, 0.6) is 23.0 Å². The van der Waals surface area contributed by atoms with Crippen molar-refractivity contribution < 1.29 is 33.2 Å². The van der Waals surface area contributed by atoms with E-state index in [4.69, 9.17) is 28.4 Å². The van der Waals surface area contributed by atoms with Gasteiger partial charge in [0.1, 0.15) is 6.61 Å². The molecule has 8 heteroatoms. The van der Waals surface area contributed by atoms with E-state index in [9.17, 15) is 10.1 Å². The number of hydrogen-bond donors (Lipinski definition) is 0. The summed E-state index contributed by atoms with van der Waals surface area (Å²) in [6.07, 6.45) is 1.03. The number of ether oxygens (including phenoxy) is 6. The number of nitriles is 1. The lowest BCUT2D eigenvalue weighted by molar-refractivity contribution is -0.171. The summed E-state index contributed by atoms with van der Waals surface area (Å²) >= 11 is 0. The normalized spacial score (nSPS) is 11.7. The van der Waals surface area contributed by atoms with Gasteiger partial charge in [0.05, 0.1) is 39.6 Å². The van der Waals surface area contributed by atoms with Gasteiger partial charge in [0, 0.05) is 5.57 Å². The number of methoxy groups -OCH3 is 3. The van der Waals surface area contributed by atoms with E-state index < -0.39 is 12.3 Å². The van der Waals surface area contributed by atoms with Gasteiger partial charge in [0.15, 0.2) is 23.0 Å². The Morgan fingerprint density at radius 2 is 1.65 bits per heavy atom. The molecule has 0 aliphatic carbocycles. The molecule has 0 fully saturated rings. The summed E-state index contributed by atoms with van der Waals surface area (Å²) in [4.78, 5) is 11.5. The highest BCUT2D eigenvalue weighted by molar-refractivity contribution is 5.90. The Kier molecular flexibility index (Phi) is 9.99. The lowest BCUT2D eigenvalue weighted by Gasteiger charge is -2.15. The summed E-state index contributed by atoms with van der Waals surface area (Å²) in [5, 5.41) is 9.69. The third-order valence-corrected chi connectivity index (χ3v) is 4.63. The van der Waals surface area contributed by atoms with E-state index in [-0.39, 0.29) is 13.2 Å². The highest BCUT2D eigenvalue weighted by Crippen LogP contribution is 2.33. The van der Waals surface area contributed by atoms with Crippen molar-refractivity contribution in [2.24, 2.45) is 0 Å². The molecule has 0 bridgehead atoms. The summed E-state index contributed by atoms with van der Waals surface area (Å²) in [6, 6.07) is 12.8. The summed E-state index contributed by atoms with van der Waals surface area (Å²) < 4.78 is 32.2. The molecular weight excluding hydrogens is 438 g/mol. The predicted molar refractivity (Wildman–Crippen MR) is 128 cm³/mol. The number of allylic oxidation sites excluding steroid dienone is 1. The average Bonchev–Trinajstić information content (AvgIpc) is 2.84. The van der Waals surface area contributed by atoms with Crippen molar-refractivity contribution in [2.45, 2.75) is 20.1 Å². The highest BCUT2D eigenvalue weighted by Gasteiger charge is 2.12. The molecule has 0 aromatic heterocycles. The third kappa shape index (κ3) is 7.29. The summed E-state index contributed by atoms with van der Waals surface area (Å²) in [6.45, 7) is 7.13. The van der Waals surface area contributed by atoms with Crippen molar-refractivity contribution >= 4 is 17.6 Å². The standard InChI is InChI=1S/C26H29NO7/c1-17(2)26(28)34-18(3)32-11-12-33-23-9-7-19(14-24(23)30-5)13-21(16-27)20-8-10-22(29-4)25(15-20)31-6/h7-10,13-15,18H,1,11-12H2,2-6H3/b21-13+. The van der Waals surface area contributed by atoms with Crippen LogP contribution >= 0.6 is 0 Å². The first-order chi connectivity index (χ1) is 16.3. The smallest absolute Gasteiger partial charge is 0.335 e. The molecule has 0 aliphatic heterocycles. The highest BCUT2D eigenvalue weighted by atomic mass is 16.7. The molecule has 2 rings (SSSR count). The van der Waals surface area contributed by atoms with Gasteiger partial charge in [-0.2, -0.15) is 5.26 Å². The molecule has 0 aliphatic rings. The van der Waals surface area contributed by atoms with Crippen LogP contribution in [-0.4, -0.2) is 46.8 Å². The molecule has 180 valence electrons. The van der Waals surface area contributed by atoms with E-state index in [2.05, 4.69) is 12.6 Å². The monoisotopic (exact) mass is 467 g/mol. The largest absolute Gasteiger partial charge is 0.493 e. The summed E-state index contributed by atoms with van der Waals surface area (Å²) in [5.41, 5.74) is 2.20. The Bertz CT molecular complexity index is 1090. The van der Waals surface area contributed by atoms with Gasteiger partial charge in [0.2, 0.25) is 6.29 Å². The first kappa shape index (κ1) is 26.3. The number of carbonyl (C=O) groups is 1. The van der Waals surface area contributed by atoms with Gasteiger partial charge in [0.25, 0.3) is 0 Å². The fourth-order valence-electron chi connectivity index (χ4n) is 2.89. The van der Waals surface area contributed by atoms with Crippen LogP contribution in [-0.2, 0) is 14.3 Å². The molecule has 0 amide bonds. The molecule has 8 nitrogen and oxygen atoms in total. The zero-order valence-electron chi connectivity index (χ0n) is 20.0. The Balaban J connectivity index is 2.07. The Labute approximate surface area is 199 Å². The van der Waals surface area contributed by atoms with Crippen LogP contribution in [0, 0.1) is 11.3 Å². The molecule has 0 heterocycles. The first-order valence-corrected chi connectivity index (χ1v) is 10.5. The van der Waals surface area contributed by atoms with Gasteiger partial charge in [-0.15, -0.1) is 0 Å². The van der Waals surface area contributed by atoms with E-state index in [0.717, 1.165) is 5.56 Å². The van der Waals surface area contributed by atoms with Crippen molar-refractivity contribution in [3.05, 3.63) is 59.7 Å². The van der Waals surface area contributed by atoms with Crippen molar-refractivity contribution in [1.82, 2.24) is 0 Å². The molecule has 2 aromatic carbocycles. The quantitative estimate of drug-likeness (QED) is 0.111. The van der Waals surface area contributed by atoms with E-state index in [0.29, 0.717) is 39.7 Å². The number of esters is 1. The second kappa shape index (κ2) is 12.9. The van der Waals surface area contributed by atoms with E-state index >= 15 is 0 Å². The van der Waals surface area contributed by atoms with Crippen molar-refractivity contribution in [1.29, 1.82) is 5.26 Å². The van der Waals surface area contributed by atoms with Gasteiger partial charge >= 0.3 is 5.97 Å². The summed E-state index contributed by atoms with van der Waals surface area (Å²) in [5.74, 6) is 1.62. The second-order valence-corrected chi connectivity index (χ2v) is 7.12. The van der Waals surface area contributed by atoms with E-state index in [1.807, 2.05) is 6.07 Å². The van der Waals surface area contributed by atoms with Gasteiger partial charge < -0.3 is 28.4 Å². The van der Waals surface area contributed by atoms with E-state index in [1.165, 1.54) is 7.11 Å². The zero-order valence-corrected chi connectivity index (χ0v) is 20.0. The maximum absolute atomic E-state index is 11.5. The summed E-state index contributed by atoms with van der Waals surface area (Å²) in [7, 11) is 4.63. The fourth-order valence-corrected chi connectivity index (χ4v) is 2.89. The van der Waals surface area contributed by atoms with Gasteiger partial charge in [-0.1, -0.05) is 12.6 Å². The van der Waals surface area contributed by atoms with Gasteiger partial charge in [-0.3, -0.25) is 0 Å². The van der Waals surface area contributed by atoms with Crippen LogP contribution in [0.15, 0.2) is 48.6 Å². The van der Waals surface area contributed by atoms with Crippen LogP contribution in [0.1, 0.15) is 25.0 Å². The molecule has 1 unspecified atom stereocenters. The Morgan fingerprint density at radius 1 is 1.00 bits per heavy atom. The van der Waals surface area contributed by atoms with Crippen LogP contribution in [0.4, 0.5) is 0 Å². The molecule has 1 atom stereocenters. The molecule has 0 radical (unpaired) electrons. The zero-order chi connectivity index (χ0) is 25.1. The van der Waals surface area contributed by atoms with E-state index in [1.54, 1.807) is 64.5 Å². The third-order valence-electron chi connectivity index (χ3n) is 4.63. The number of carbonyl (C=O) groups excluding carboxylic acids is 1. The molecule has 0 saturated heterocycles. The van der Waals surface area contributed by atoms with Crippen molar-refractivity contribution in [2.75, 3.05) is 34.5 Å². The minimum absolute atomic E-state index is 0.202. The predicted octanol–water partition coefficient (Wildman–Crippen LogP) is 4.64. The lowest BCUT2D eigenvalue weighted by Crippen LogP contribution is -2.21. The SMILES string of the molecule is C=C(C)C(=O)OC(C)OCCOc1ccc(/C=C(\C#N)c2ccc(OC)c(OC)c2)cc1OC. The van der Waals surface area contributed by atoms with Crippen LogP contribution < -0.4 is 18.9 Å². The fraction of sp³-hybridized carbons (Fsp3) is 0.308. The molecule has 0 spiro atoms. The minimum atomic E-state index is -0.719. The number of rotatable bonds is 12. The Morgan fingerprint density at radius 3 is 2.26 bits per heavy atom. The molecule has 34 heavy (non-hydrogen) atoms. The number of nitrogens with zero attached hydrogens (tertiary/aromatic N) is 1. The Hall–Kier alpha value is -3.96. The maximum Gasteiger partial charge on any atom is 0.335 e. The molecule has 2 aromatic rings. The molecule has 0 N–H and O–H groups in total. The van der Waals surface area contributed by atoms with Crippen LogP contribution in [0.3, 0.4) is 0 Å². The van der Waals surface area contributed by atoms with Crippen LogP contribution in [0.25, 0.3) is 11.6 Å². The van der Waals surface area contributed by atoms with Gasteiger partial charge in [-0.25, -0.2) is 4.79 Å². The van der Waals surface area contributed by atoms with Gasteiger partial charge in [-0.05, 0) is 61.4 Å². The minimum Gasteiger partial charge on any atom is -0.493 e.